The molecule has 0 unspecified atom stereocenters. The second kappa shape index (κ2) is 2.66. The quantitative estimate of drug-likeness (QED) is 0.450. The smallest absolute Gasteiger partial charge is 0.414 e. The lowest BCUT2D eigenvalue weighted by molar-refractivity contribution is 0.164. The zero-order chi connectivity index (χ0) is 6.73. The van der Waals surface area contributed by atoms with E-state index in [2.05, 4.69) is 15.9 Å². The van der Waals surface area contributed by atoms with Crippen LogP contribution < -0.4 is 0 Å². The highest BCUT2D eigenvalue weighted by molar-refractivity contribution is 9.18. The Kier molecular flexibility index (Phi) is 2.47. The molecule has 0 spiro atoms. The predicted octanol–water partition coefficient (Wildman–Crippen LogP) is 1.11. The van der Waals surface area contributed by atoms with Gasteiger partial charge in [0.15, 0.2) is 0 Å². The number of halogens is 1. The third-order valence-electron chi connectivity index (χ3n) is 0.551. The van der Waals surface area contributed by atoms with Crippen LogP contribution in [-0.4, -0.2) is 28.0 Å². The maximum Gasteiger partial charge on any atom is 0.414 e. The molecule has 1 N–H and O–H groups in total. The van der Waals surface area contributed by atoms with Crippen molar-refractivity contribution in [1.82, 2.24) is 4.90 Å². The molecule has 0 aliphatic carbocycles. The minimum absolute atomic E-state index is 0.528. The molecule has 4 nitrogen and oxygen atoms in total. The Morgan fingerprint density at radius 1 is 1.62 bits per heavy atom. The van der Waals surface area contributed by atoms with Crippen LogP contribution in [0.3, 0.4) is 0 Å². The van der Waals surface area contributed by atoms with Gasteiger partial charge in [0.2, 0.25) is 0 Å². The van der Waals surface area contributed by atoms with E-state index in [0.717, 1.165) is 7.05 Å². The van der Waals surface area contributed by atoms with Gasteiger partial charge in [-0.05, 0) is 0 Å². The summed E-state index contributed by atoms with van der Waals surface area (Å²) in [6.45, 7) is 0. The highest BCUT2D eigenvalue weighted by Crippen LogP contribution is 1.93. The third kappa shape index (κ3) is 1.92. The SMILES string of the molecule is CN(C(=O)O)C(=O)Br. The van der Waals surface area contributed by atoms with Crippen LogP contribution >= 0.6 is 15.9 Å². The normalized spacial score (nSPS) is 8.25. The van der Waals surface area contributed by atoms with Gasteiger partial charge in [0, 0.05) is 23.0 Å². The first-order valence-electron chi connectivity index (χ1n) is 1.72. The molecule has 0 radical (unpaired) electrons. The number of carboxylic acid groups (broad SMARTS) is 1. The predicted molar refractivity (Wildman–Crippen MR) is 30.1 cm³/mol. The molecular weight excluding hydrogens is 178 g/mol. The van der Waals surface area contributed by atoms with E-state index in [0.29, 0.717) is 4.90 Å². The van der Waals surface area contributed by atoms with Gasteiger partial charge in [-0.15, -0.1) is 0 Å². The van der Waals surface area contributed by atoms with Crippen LogP contribution in [0.5, 0.6) is 0 Å². The van der Waals surface area contributed by atoms with Crippen molar-refractivity contribution in [3.8, 4) is 0 Å². The van der Waals surface area contributed by atoms with Crippen molar-refractivity contribution in [3.63, 3.8) is 0 Å². The summed E-state index contributed by atoms with van der Waals surface area (Å²) in [6.07, 6.45) is -1.27. The Bertz CT molecular complexity index is 110. The monoisotopic (exact) mass is 181 g/mol. The van der Waals surface area contributed by atoms with E-state index in [1.165, 1.54) is 0 Å². The Morgan fingerprint density at radius 2 is 2.00 bits per heavy atom. The molecule has 0 aromatic carbocycles. The number of rotatable bonds is 0. The van der Waals surface area contributed by atoms with E-state index in [-0.39, 0.29) is 0 Å². The minimum atomic E-state index is -1.27. The molecule has 0 heterocycles. The number of carbonyl (C=O) groups excluding carboxylic acids is 1. The molecule has 0 saturated carbocycles. The summed E-state index contributed by atoms with van der Waals surface area (Å²) in [5.74, 6) is 0. The first-order chi connectivity index (χ1) is 3.55. The van der Waals surface area contributed by atoms with Gasteiger partial charge in [-0.1, -0.05) is 0 Å². The van der Waals surface area contributed by atoms with E-state index in [9.17, 15) is 9.59 Å². The summed E-state index contributed by atoms with van der Waals surface area (Å²) >= 11 is 2.45. The van der Waals surface area contributed by atoms with Gasteiger partial charge < -0.3 is 5.11 Å². The Labute approximate surface area is 54.2 Å². The summed E-state index contributed by atoms with van der Waals surface area (Å²) in [4.78, 5) is 19.7. The first kappa shape index (κ1) is 7.42. The molecule has 8 heavy (non-hydrogen) atoms. The third-order valence-corrected chi connectivity index (χ3v) is 1.08. The highest BCUT2D eigenvalue weighted by atomic mass is 79.9. The van der Waals surface area contributed by atoms with Gasteiger partial charge in [-0.3, -0.25) is 4.79 Å². The van der Waals surface area contributed by atoms with Gasteiger partial charge in [-0.2, -0.15) is 0 Å². The van der Waals surface area contributed by atoms with Crippen LogP contribution in [0.4, 0.5) is 9.59 Å². The van der Waals surface area contributed by atoms with Gasteiger partial charge in [0.1, 0.15) is 0 Å². The van der Waals surface area contributed by atoms with Crippen molar-refractivity contribution in [2.75, 3.05) is 7.05 Å². The van der Waals surface area contributed by atoms with Crippen molar-refractivity contribution in [1.29, 1.82) is 0 Å². The fourth-order valence-corrected chi connectivity index (χ4v) is 0.227. The van der Waals surface area contributed by atoms with Crippen LogP contribution in [0.2, 0.25) is 0 Å². The number of hydrogen-bond donors (Lipinski definition) is 1. The maximum atomic E-state index is 10.0. The second-order valence-corrected chi connectivity index (χ2v) is 1.77. The van der Waals surface area contributed by atoms with Crippen molar-refractivity contribution in [2.45, 2.75) is 0 Å². The fraction of sp³-hybridized carbons (Fsp3) is 0.333. The average molecular weight is 182 g/mol. The zero-order valence-corrected chi connectivity index (χ0v) is 5.67. The van der Waals surface area contributed by atoms with E-state index in [1.807, 2.05) is 0 Å². The summed E-state index contributed by atoms with van der Waals surface area (Å²) < 4.78 is 0. The largest absolute Gasteiger partial charge is 0.465 e. The lowest BCUT2D eigenvalue weighted by Gasteiger charge is -2.03. The summed E-state index contributed by atoms with van der Waals surface area (Å²) in [5, 5.41) is 8.03. The van der Waals surface area contributed by atoms with Crippen LogP contribution in [0, 0.1) is 0 Å². The van der Waals surface area contributed by atoms with E-state index < -0.39 is 10.9 Å². The van der Waals surface area contributed by atoms with Crippen LogP contribution in [0.15, 0.2) is 0 Å². The second-order valence-electron chi connectivity index (χ2n) is 1.09. The van der Waals surface area contributed by atoms with Crippen molar-refractivity contribution < 1.29 is 14.7 Å². The molecule has 0 aliphatic heterocycles. The first-order valence-corrected chi connectivity index (χ1v) is 2.51. The molecule has 46 valence electrons. The molecule has 0 aromatic heterocycles. The number of nitrogens with zero attached hydrogens (tertiary/aromatic N) is 1. The minimum Gasteiger partial charge on any atom is -0.465 e. The zero-order valence-electron chi connectivity index (χ0n) is 4.09. The van der Waals surface area contributed by atoms with Crippen LogP contribution in [0.1, 0.15) is 0 Å². The maximum absolute atomic E-state index is 10.0. The Morgan fingerprint density at radius 3 is 2.00 bits per heavy atom. The molecule has 0 bridgehead atoms. The standard InChI is InChI=1S/C3H4BrNO3/c1-5(2(4)6)3(7)8/h1H3,(H,7,8). The Hall–Kier alpha value is -0.580. The van der Waals surface area contributed by atoms with Crippen LogP contribution in [0.25, 0.3) is 0 Å². The number of carbonyl (C=O) groups is 2. The summed E-state index contributed by atoms with van der Waals surface area (Å²) in [5.41, 5.74) is 0. The van der Waals surface area contributed by atoms with Crippen molar-refractivity contribution in [3.05, 3.63) is 0 Å². The van der Waals surface area contributed by atoms with E-state index in [4.69, 9.17) is 5.11 Å². The fourth-order valence-electron chi connectivity index (χ4n) is 0.0752. The van der Waals surface area contributed by atoms with Gasteiger partial charge in [-0.25, -0.2) is 9.69 Å². The molecule has 0 aromatic rings. The molecule has 5 heteroatoms. The van der Waals surface area contributed by atoms with E-state index in [1.54, 1.807) is 0 Å². The van der Waals surface area contributed by atoms with E-state index >= 15 is 0 Å². The van der Waals surface area contributed by atoms with Crippen molar-refractivity contribution >= 4 is 26.8 Å². The molecular formula is C3H4BrNO3. The number of amides is 2. The lowest BCUT2D eigenvalue weighted by Crippen LogP contribution is -2.26. The molecule has 0 aliphatic rings. The molecule has 0 rings (SSSR count). The number of imide groups is 1. The Balaban J connectivity index is 3.83. The van der Waals surface area contributed by atoms with Gasteiger partial charge in [0.05, 0.1) is 0 Å². The highest BCUT2D eigenvalue weighted by Gasteiger charge is 2.09. The van der Waals surface area contributed by atoms with Gasteiger partial charge >= 0.3 is 6.09 Å². The topological polar surface area (TPSA) is 57.6 Å². The van der Waals surface area contributed by atoms with Crippen LogP contribution in [-0.2, 0) is 0 Å². The lowest BCUT2D eigenvalue weighted by atomic mass is 10.9. The molecule has 0 saturated heterocycles. The van der Waals surface area contributed by atoms with Crippen molar-refractivity contribution in [2.24, 2.45) is 0 Å². The number of hydrogen-bond acceptors (Lipinski definition) is 2. The molecule has 0 fully saturated rings. The average Bonchev–Trinajstić information content (AvgIpc) is 1.64. The van der Waals surface area contributed by atoms with Gasteiger partial charge in [0.25, 0.3) is 4.82 Å². The summed E-state index contributed by atoms with van der Waals surface area (Å²) in [7, 11) is 1.15. The summed E-state index contributed by atoms with van der Waals surface area (Å²) in [6, 6.07) is 0. The molecule has 0 atom stereocenters. The molecule has 2 amide bonds.